The molecule has 0 aliphatic heterocycles. The maximum Gasteiger partial charge on any atom is 0.274 e. The van der Waals surface area contributed by atoms with E-state index in [-0.39, 0.29) is 15.9 Å². The fraction of sp³-hybridized carbons (Fsp3) is 0.250. The van der Waals surface area contributed by atoms with Crippen molar-refractivity contribution in [2.45, 2.75) is 28.3 Å². The minimum atomic E-state index is -1.000. The van der Waals surface area contributed by atoms with Crippen LogP contribution in [-0.2, 0) is 12.5 Å². The highest BCUT2D eigenvalue weighted by atomic mass is 32.2. The molecule has 0 spiro atoms. The Bertz CT molecular complexity index is 1090. The molecule has 1 saturated carbocycles. The molecule has 156 valence electrons. The maximum absolute atomic E-state index is 14.4. The fourth-order valence-electron chi connectivity index (χ4n) is 3.44. The molecular formula is C20H18F2N4O3S. The van der Waals surface area contributed by atoms with E-state index in [0.29, 0.717) is 11.0 Å². The van der Waals surface area contributed by atoms with Gasteiger partial charge in [-0.1, -0.05) is 12.1 Å². The molecule has 2 N–H and O–H groups in total. The van der Waals surface area contributed by atoms with E-state index in [9.17, 15) is 13.6 Å². The van der Waals surface area contributed by atoms with E-state index in [2.05, 4.69) is 10.2 Å². The highest BCUT2D eigenvalue weighted by Crippen LogP contribution is 2.53. The predicted molar refractivity (Wildman–Crippen MR) is 104 cm³/mol. The Balaban J connectivity index is 1.64. The average Bonchev–Trinajstić information content (AvgIpc) is 3.47. The van der Waals surface area contributed by atoms with Gasteiger partial charge in [0.2, 0.25) is 0 Å². The summed E-state index contributed by atoms with van der Waals surface area (Å²) in [5.74, 6) is -1.39. The Hall–Kier alpha value is -2.98. The van der Waals surface area contributed by atoms with Crippen molar-refractivity contribution < 1.29 is 23.5 Å². The molecule has 1 amide bonds. The van der Waals surface area contributed by atoms with E-state index in [4.69, 9.17) is 9.94 Å². The second-order valence-electron chi connectivity index (χ2n) is 6.99. The molecule has 1 heterocycles. The standard InChI is InChI=1S/C20H18F2N4O3S/c1-26-18(20(7-8-20)12-3-5-13(29-2)6-4-12)23-24-19(26)30-16-14(21)9-11(10-15(16)22)17(27)25-28/h3-6,9-10,28H,7-8H2,1-2H3,(H,25,27). The minimum absolute atomic E-state index is 0.285. The molecule has 2 aromatic carbocycles. The van der Waals surface area contributed by atoms with Crippen molar-refractivity contribution in [1.82, 2.24) is 20.2 Å². The number of hydrogen-bond acceptors (Lipinski definition) is 6. The molecule has 4 rings (SSSR count). The first kappa shape index (κ1) is 20.3. The Kier molecular flexibility index (Phi) is 5.20. The number of nitrogens with zero attached hydrogens (tertiary/aromatic N) is 3. The third-order valence-electron chi connectivity index (χ3n) is 5.21. The Morgan fingerprint density at radius 1 is 1.20 bits per heavy atom. The summed E-state index contributed by atoms with van der Waals surface area (Å²) in [4.78, 5) is 11.1. The molecule has 1 fully saturated rings. The first-order valence-electron chi connectivity index (χ1n) is 9.05. The molecule has 0 bridgehead atoms. The van der Waals surface area contributed by atoms with E-state index in [0.717, 1.165) is 48.0 Å². The van der Waals surface area contributed by atoms with Crippen LogP contribution >= 0.6 is 11.8 Å². The third-order valence-corrected chi connectivity index (χ3v) is 6.34. The number of halogens is 2. The van der Waals surface area contributed by atoms with Gasteiger partial charge in [-0.25, -0.2) is 14.3 Å². The van der Waals surface area contributed by atoms with Crippen LogP contribution in [0.25, 0.3) is 0 Å². The molecule has 1 aliphatic rings. The summed E-state index contributed by atoms with van der Waals surface area (Å²) in [6.45, 7) is 0. The van der Waals surface area contributed by atoms with Crippen molar-refractivity contribution in [2.75, 3.05) is 7.11 Å². The molecule has 7 nitrogen and oxygen atoms in total. The van der Waals surface area contributed by atoms with Gasteiger partial charge in [0.1, 0.15) is 23.2 Å². The number of ether oxygens (including phenoxy) is 1. The van der Waals surface area contributed by atoms with E-state index < -0.39 is 17.5 Å². The van der Waals surface area contributed by atoms with Gasteiger partial charge in [-0.05, 0) is 54.4 Å². The van der Waals surface area contributed by atoms with E-state index >= 15 is 0 Å². The third kappa shape index (κ3) is 3.41. The molecule has 1 aliphatic carbocycles. The monoisotopic (exact) mass is 432 g/mol. The largest absolute Gasteiger partial charge is 0.497 e. The Morgan fingerprint density at radius 2 is 1.83 bits per heavy atom. The van der Waals surface area contributed by atoms with Crippen LogP contribution < -0.4 is 10.2 Å². The molecule has 3 aromatic rings. The van der Waals surface area contributed by atoms with Crippen LogP contribution in [0.4, 0.5) is 8.78 Å². The maximum atomic E-state index is 14.4. The molecule has 0 radical (unpaired) electrons. The molecule has 0 unspecified atom stereocenters. The van der Waals surface area contributed by atoms with Crippen molar-refractivity contribution in [2.24, 2.45) is 7.05 Å². The topological polar surface area (TPSA) is 89.3 Å². The predicted octanol–water partition coefficient (Wildman–Crippen LogP) is 3.45. The number of hydrogen-bond donors (Lipinski definition) is 2. The van der Waals surface area contributed by atoms with Gasteiger partial charge in [0, 0.05) is 12.6 Å². The van der Waals surface area contributed by atoms with Gasteiger partial charge in [0.25, 0.3) is 5.91 Å². The van der Waals surface area contributed by atoms with Crippen LogP contribution in [0, 0.1) is 11.6 Å². The molecular weight excluding hydrogens is 414 g/mol. The van der Waals surface area contributed by atoms with Gasteiger partial charge in [-0.3, -0.25) is 10.0 Å². The van der Waals surface area contributed by atoms with E-state index in [1.54, 1.807) is 18.7 Å². The van der Waals surface area contributed by atoms with Gasteiger partial charge in [-0.2, -0.15) is 0 Å². The number of benzene rings is 2. The van der Waals surface area contributed by atoms with Crippen LogP contribution in [0.15, 0.2) is 46.5 Å². The summed E-state index contributed by atoms with van der Waals surface area (Å²) in [7, 11) is 3.36. The Morgan fingerprint density at radius 3 is 2.37 bits per heavy atom. The zero-order chi connectivity index (χ0) is 21.5. The van der Waals surface area contributed by atoms with Gasteiger partial charge in [0.15, 0.2) is 5.16 Å². The second kappa shape index (κ2) is 7.69. The lowest BCUT2D eigenvalue weighted by Crippen LogP contribution is -2.19. The number of hydroxylamine groups is 1. The number of nitrogens with one attached hydrogen (secondary N) is 1. The van der Waals surface area contributed by atoms with Crippen LogP contribution in [0.3, 0.4) is 0 Å². The minimum Gasteiger partial charge on any atom is -0.497 e. The van der Waals surface area contributed by atoms with Crippen molar-refractivity contribution in [1.29, 1.82) is 0 Å². The number of carbonyl (C=O) groups excluding carboxylic acids is 1. The van der Waals surface area contributed by atoms with Crippen molar-refractivity contribution in [3.8, 4) is 5.75 Å². The summed E-state index contributed by atoms with van der Waals surface area (Å²) in [6, 6.07) is 9.45. The normalized spacial score (nSPS) is 14.4. The highest BCUT2D eigenvalue weighted by Gasteiger charge is 2.50. The lowest BCUT2D eigenvalue weighted by molar-refractivity contribution is 0.0705. The smallest absolute Gasteiger partial charge is 0.274 e. The Labute approximate surface area is 175 Å². The van der Waals surface area contributed by atoms with Gasteiger partial charge in [0.05, 0.1) is 17.4 Å². The zero-order valence-corrected chi connectivity index (χ0v) is 17.0. The van der Waals surface area contributed by atoms with Crippen LogP contribution in [0.1, 0.15) is 34.6 Å². The summed E-state index contributed by atoms with van der Waals surface area (Å²) in [5.41, 5.74) is 1.81. The van der Waals surface area contributed by atoms with Crippen LogP contribution in [-0.4, -0.2) is 33.0 Å². The molecule has 0 saturated heterocycles. The second-order valence-corrected chi connectivity index (χ2v) is 7.97. The lowest BCUT2D eigenvalue weighted by atomic mass is 9.95. The zero-order valence-electron chi connectivity index (χ0n) is 16.1. The quantitative estimate of drug-likeness (QED) is 0.458. The number of carbonyl (C=O) groups is 1. The fourth-order valence-corrected chi connectivity index (χ4v) is 4.24. The molecule has 1 aromatic heterocycles. The van der Waals surface area contributed by atoms with Crippen LogP contribution in [0.5, 0.6) is 5.75 Å². The summed E-state index contributed by atoms with van der Waals surface area (Å²) in [5, 5.41) is 17.4. The van der Waals surface area contributed by atoms with Crippen molar-refractivity contribution in [3.63, 3.8) is 0 Å². The first-order chi connectivity index (χ1) is 14.4. The van der Waals surface area contributed by atoms with E-state index in [1.165, 1.54) is 5.48 Å². The van der Waals surface area contributed by atoms with Crippen LogP contribution in [0.2, 0.25) is 0 Å². The van der Waals surface area contributed by atoms with Gasteiger partial charge in [-0.15, -0.1) is 10.2 Å². The number of amides is 1. The summed E-state index contributed by atoms with van der Waals surface area (Å²) >= 11 is 0.787. The summed E-state index contributed by atoms with van der Waals surface area (Å²) in [6.07, 6.45) is 1.79. The molecule has 10 heteroatoms. The van der Waals surface area contributed by atoms with E-state index in [1.807, 2.05) is 24.3 Å². The molecule has 30 heavy (non-hydrogen) atoms. The lowest BCUT2D eigenvalue weighted by Gasteiger charge is -2.16. The number of aromatic nitrogens is 3. The van der Waals surface area contributed by atoms with Gasteiger partial charge < -0.3 is 9.30 Å². The summed E-state index contributed by atoms with van der Waals surface area (Å²) < 4.78 is 35.8. The number of rotatable bonds is 6. The first-order valence-corrected chi connectivity index (χ1v) is 9.87. The number of methoxy groups -OCH3 is 1. The van der Waals surface area contributed by atoms with Gasteiger partial charge >= 0.3 is 0 Å². The van der Waals surface area contributed by atoms with Crippen molar-refractivity contribution >= 4 is 17.7 Å². The average molecular weight is 432 g/mol. The highest BCUT2D eigenvalue weighted by molar-refractivity contribution is 7.99. The van der Waals surface area contributed by atoms with Crippen molar-refractivity contribution in [3.05, 3.63) is 65.0 Å². The molecule has 0 atom stereocenters. The SMILES string of the molecule is COc1ccc(C2(c3nnc(Sc4c(F)cc(C(=O)NO)cc4F)n3C)CC2)cc1.